The summed E-state index contributed by atoms with van der Waals surface area (Å²) in [5, 5.41) is 2.66. The molecule has 1 aromatic rings. The largest absolute Gasteiger partial charge is 0.417 e. The van der Waals surface area contributed by atoms with Gasteiger partial charge < -0.3 is 5.32 Å². The summed E-state index contributed by atoms with van der Waals surface area (Å²) in [6.45, 7) is 2.73. The lowest BCUT2D eigenvalue weighted by atomic mass is 10.2. The fraction of sp³-hybridized carbons (Fsp3) is 0.583. The molecule has 0 aliphatic heterocycles. The predicted molar refractivity (Wildman–Crippen MR) is 79.4 cm³/mol. The smallest absolute Gasteiger partial charge is 0.369 e. The van der Waals surface area contributed by atoms with Crippen molar-refractivity contribution in [2.75, 3.05) is 31.2 Å². The van der Waals surface area contributed by atoms with Crippen LogP contribution in [0.25, 0.3) is 0 Å². The van der Waals surface area contributed by atoms with Gasteiger partial charge in [-0.1, -0.05) is 18.5 Å². The van der Waals surface area contributed by atoms with E-state index in [9.17, 15) is 21.6 Å². The summed E-state index contributed by atoms with van der Waals surface area (Å²) in [5.74, 6) is 0.136. The van der Waals surface area contributed by atoms with Gasteiger partial charge in [0.1, 0.15) is 5.82 Å². The summed E-state index contributed by atoms with van der Waals surface area (Å²) in [6, 6.07) is 0.797. The summed E-state index contributed by atoms with van der Waals surface area (Å²) in [7, 11) is -3.25. The molecule has 0 saturated carbocycles. The molecule has 0 radical (unpaired) electrons. The molecule has 0 bridgehead atoms. The van der Waals surface area contributed by atoms with Crippen LogP contribution < -0.4 is 5.32 Å². The molecule has 5 nitrogen and oxygen atoms in total. The highest BCUT2D eigenvalue weighted by Gasteiger charge is 2.31. The predicted octanol–water partition coefficient (Wildman–Crippen LogP) is 2.84. The van der Waals surface area contributed by atoms with Gasteiger partial charge in [0.2, 0.25) is 10.0 Å². The average molecular weight is 360 g/mol. The molecule has 1 aromatic heterocycles. The molecule has 0 aliphatic carbocycles. The first-order valence-electron chi connectivity index (χ1n) is 6.47. The van der Waals surface area contributed by atoms with Crippen LogP contribution >= 0.6 is 11.6 Å². The maximum atomic E-state index is 12.5. The van der Waals surface area contributed by atoms with E-state index in [1.54, 1.807) is 6.92 Å². The second-order valence-corrected chi connectivity index (χ2v) is 6.98. The first kappa shape index (κ1) is 19.0. The summed E-state index contributed by atoms with van der Waals surface area (Å²) < 4.78 is 61.5. The van der Waals surface area contributed by atoms with Crippen molar-refractivity contribution in [2.45, 2.75) is 19.5 Å². The van der Waals surface area contributed by atoms with Crippen molar-refractivity contribution in [3.8, 4) is 0 Å². The Labute approximate surface area is 132 Å². The van der Waals surface area contributed by atoms with E-state index in [0.717, 1.165) is 12.3 Å². The first-order chi connectivity index (χ1) is 10.1. The number of halogens is 4. The van der Waals surface area contributed by atoms with Crippen LogP contribution in [-0.2, 0) is 16.2 Å². The minimum atomic E-state index is -4.49. The van der Waals surface area contributed by atoms with Gasteiger partial charge in [0.15, 0.2) is 0 Å². The zero-order chi connectivity index (χ0) is 17.0. The Hall–Kier alpha value is -1.06. The molecule has 0 fully saturated rings. The van der Waals surface area contributed by atoms with Gasteiger partial charge in [0, 0.05) is 25.8 Å². The number of nitrogens with zero attached hydrogens (tertiary/aromatic N) is 2. The van der Waals surface area contributed by atoms with Gasteiger partial charge in [-0.2, -0.15) is 13.2 Å². The highest BCUT2D eigenvalue weighted by Crippen LogP contribution is 2.32. The number of sulfonamides is 1. The Morgan fingerprint density at radius 2 is 2.05 bits per heavy atom. The standard InChI is InChI=1S/C12H17ClF3N3O2S/c1-3-19(22(2,20)21)6-4-5-17-11-10(13)7-9(8-18-11)12(14,15)16/h7-8H,3-6H2,1-2H3,(H,17,18). The third-order valence-corrected chi connectivity index (χ3v) is 4.53. The molecule has 1 rings (SSSR count). The van der Waals surface area contributed by atoms with E-state index in [2.05, 4.69) is 10.3 Å². The molecular formula is C12H17ClF3N3O2S. The van der Waals surface area contributed by atoms with Crippen LogP contribution in [0, 0.1) is 0 Å². The van der Waals surface area contributed by atoms with Crippen LogP contribution in [0.3, 0.4) is 0 Å². The number of hydrogen-bond acceptors (Lipinski definition) is 4. The second-order valence-electron chi connectivity index (χ2n) is 4.59. The van der Waals surface area contributed by atoms with Crippen molar-refractivity contribution in [3.05, 3.63) is 22.8 Å². The van der Waals surface area contributed by atoms with Crippen molar-refractivity contribution in [2.24, 2.45) is 0 Å². The Morgan fingerprint density at radius 1 is 1.41 bits per heavy atom. The number of nitrogens with one attached hydrogen (secondary N) is 1. The average Bonchev–Trinajstić information content (AvgIpc) is 2.37. The van der Waals surface area contributed by atoms with Crippen molar-refractivity contribution in [1.29, 1.82) is 0 Å². The van der Waals surface area contributed by atoms with Crippen molar-refractivity contribution >= 4 is 27.4 Å². The van der Waals surface area contributed by atoms with Gasteiger partial charge in [0.25, 0.3) is 0 Å². The molecule has 0 spiro atoms. The van der Waals surface area contributed by atoms with Crippen molar-refractivity contribution in [3.63, 3.8) is 0 Å². The SMILES string of the molecule is CCN(CCCNc1ncc(C(F)(F)F)cc1Cl)S(C)(=O)=O. The lowest BCUT2D eigenvalue weighted by molar-refractivity contribution is -0.137. The van der Waals surface area contributed by atoms with E-state index >= 15 is 0 Å². The van der Waals surface area contributed by atoms with Gasteiger partial charge in [0.05, 0.1) is 16.8 Å². The minimum Gasteiger partial charge on any atom is -0.369 e. The molecule has 0 unspecified atom stereocenters. The lowest BCUT2D eigenvalue weighted by Gasteiger charge is -2.18. The van der Waals surface area contributed by atoms with Gasteiger partial charge in [-0.3, -0.25) is 0 Å². The topological polar surface area (TPSA) is 62.3 Å². The highest BCUT2D eigenvalue weighted by atomic mass is 35.5. The van der Waals surface area contributed by atoms with Gasteiger partial charge in [-0.25, -0.2) is 17.7 Å². The maximum Gasteiger partial charge on any atom is 0.417 e. The molecule has 22 heavy (non-hydrogen) atoms. The third kappa shape index (κ3) is 5.62. The van der Waals surface area contributed by atoms with E-state index in [-0.39, 0.29) is 10.8 Å². The molecule has 0 saturated heterocycles. The normalized spacial score (nSPS) is 12.7. The van der Waals surface area contributed by atoms with E-state index in [1.807, 2.05) is 0 Å². The molecule has 0 aromatic carbocycles. The molecule has 1 heterocycles. The second kappa shape index (κ2) is 7.47. The molecule has 1 N–H and O–H groups in total. The Morgan fingerprint density at radius 3 is 2.50 bits per heavy atom. The van der Waals surface area contributed by atoms with Gasteiger partial charge in [-0.05, 0) is 12.5 Å². The number of pyridine rings is 1. The summed E-state index contributed by atoms with van der Waals surface area (Å²) in [5.41, 5.74) is -0.919. The Bertz CT molecular complexity index is 608. The maximum absolute atomic E-state index is 12.5. The molecule has 126 valence electrons. The van der Waals surface area contributed by atoms with Crippen LogP contribution in [0.2, 0.25) is 5.02 Å². The fourth-order valence-corrected chi connectivity index (χ4v) is 2.91. The zero-order valence-corrected chi connectivity index (χ0v) is 13.7. The van der Waals surface area contributed by atoms with Gasteiger partial charge in [-0.15, -0.1) is 0 Å². The zero-order valence-electron chi connectivity index (χ0n) is 12.1. The Balaban J connectivity index is 2.56. The number of hydrogen-bond donors (Lipinski definition) is 1. The van der Waals surface area contributed by atoms with Crippen molar-refractivity contribution in [1.82, 2.24) is 9.29 Å². The van der Waals surface area contributed by atoms with Crippen LogP contribution in [0.15, 0.2) is 12.3 Å². The Kier molecular flexibility index (Phi) is 6.45. The van der Waals surface area contributed by atoms with E-state index in [1.165, 1.54) is 4.31 Å². The summed E-state index contributed by atoms with van der Waals surface area (Å²) in [4.78, 5) is 3.64. The monoisotopic (exact) mass is 359 g/mol. The third-order valence-electron chi connectivity index (χ3n) is 2.87. The molecule has 0 aliphatic rings. The number of aromatic nitrogens is 1. The molecule has 0 atom stereocenters. The van der Waals surface area contributed by atoms with Gasteiger partial charge >= 0.3 is 6.18 Å². The van der Waals surface area contributed by atoms with E-state index in [4.69, 9.17) is 11.6 Å². The first-order valence-corrected chi connectivity index (χ1v) is 8.70. The summed E-state index contributed by atoms with van der Waals surface area (Å²) in [6.07, 6.45) is -2.20. The van der Waals surface area contributed by atoms with Crippen molar-refractivity contribution < 1.29 is 21.6 Å². The van der Waals surface area contributed by atoms with Crippen LogP contribution in [0.1, 0.15) is 18.9 Å². The molecular weight excluding hydrogens is 343 g/mol. The van der Waals surface area contributed by atoms with Crippen LogP contribution in [-0.4, -0.2) is 43.6 Å². The minimum absolute atomic E-state index is 0.134. The number of anilines is 1. The number of alkyl halides is 3. The molecule has 0 amide bonds. The lowest BCUT2D eigenvalue weighted by Crippen LogP contribution is -2.31. The fourth-order valence-electron chi connectivity index (χ4n) is 1.74. The van der Waals surface area contributed by atoms with Crippen LogP contribution in [0.4, 0.5) is 19.0 Å². The number of rotatable bonds is 7. The molecule has 10 heteroatoms. The van der Waals surface area contributed by atoms with Crippen LogP contribution in [0.5, 0.6) is 0 Å². The quantitative estimate of drug-likeness (QED) is 0.760. The highest BCUT2D eigenvalue weighted by molar-refractivity contribution is 7.88. The van der Waals surface area contributed by atoms with E-state index < -0.39 is 21.8 Å². The summed E-state index contributed by atoms with van der Waals surface area (Å²) >= 11 is 5.75. The van der Waals surface area contributed by atoms with E-state index in [0.29, 0.717) is 32.3 Å².